The fraction of sp³-hybridized carbons (Fsp3) is 0.857. The lowest BCUT2D eigenvalue weighted by Crippen LogP contribution is -2.62. The normalized spacial score (nSPS) is 22.7. The molecule has 1 amide bonds. The first kappa shape index (κ1) is 8.49. The van der Waals surface area contributed by atoms with Gasteiger partial charge in [0, 0.05) is 13.1 Å². The molecule has 0 saturated carbocycles. The van der Waals surface area contributed by atoms with Crippen molar-refractivity contribution in [3.63, 3.8) is 0 Å². The van der Waals surface area contributed by atoms with Gasteiger partial charge in [0.05, 0.1) is 12.1 Å². The van der Waals surface area contributed by atoms with E-state index in [0.717, 1.165) is 6.42 Å². The van der Waals surface area contributed by atoms with Gasteiger partial charge >= 0.3 is 0 Å². The van der Waals surface area contributed by atoms with Crippen LogP contribution in [0, 0.1) is 0 Å². The van der Waals surface area contributed by atoms with E-state index >= 15 is 0 Å². The van der Waals surface area contributed by atoms with Gasteiger partial charge in [0.2, 0.25) is 5.91 Å². The molecule has 1 aliphatic rings. The zero-order valence-corrected chi connectivity index (χ0v) is 6.71. The van der Waals surface area contributed by atoms with E-state index in [-0.39, 0.29) is 12.5 Å². The molecule has 0 aromatic heterocycles. The maximum absolute atomic E-state index is 10.4. The summed E-state index contributed by atoms with van der Waals surface area (Å²) in [5, 5.41) is 9.51. The number of carbonyl (C=O) groups excluding carboxylic acids is 1. The molecule has 0 unspecified atom stereocenters. The van der Waals surface area contributed by atoms with Crippen LogP contribution < -0.4 is 5.73 Å². The van der Waals surface area contributed by atoms with Gasteiger partial charge in [-0.15, -0.1) is 0 Å². The minimum Gasteiger partial charge on any atom is -0.387 e. The van der Waals surface area contributed by atoms with Crippen LogP contribution in [-0.2, 0) is 4.79 Å². The molecule has 11 heavy (non-hydrogen) atoms. The van der Waals surface area contributed by atoms with Crippen LogP contribution in [0.2, 0.25) is 0 Å². The average Bonchev–Trinajstić information content (AvgIpc) is 1.83. The van der Waals surface area contributed by atoms with E-state index in [1.54, 1.807) is 0 Å². The Morgan fingerprint density at radius 1 is 1.73 bits per heavy atom. The summed E-state index contributed by atoms with van der Waals surface area (Å²) in [6.45, 7) is 3.35. The van der Waals surface area contributed by atoms with E-state index in [2.05, 4.69) is 0 Å². The number of nitrogens with zero attached hydrogens (tertiary/aromatic N) is 1. The third-order valence-corrected chi connectivity index (χ3v) is 2.07. The summed E-state index contributed by atoms with van der Waals surface area (Å²) in [4.78, 5) is 12.2. The number of likely N-dealkylation sites (tertiary alicyclic amines) is 1. The number of hydrogen-bond acceptors (Lipinski definition) is 3. The van der Waals surface area contributed by atoms with Crippen molar-refractivity contribution >= 4 is 5.91 Å². The van der Waals surface area contributed by atoms with Crippen LogP contribution in [0.4, 0.5) is 0 Å². The number of rotatable bonds is 3. The lowest BCUT2D eigenvalue weighted by Gasteiger charge is -2.45. The largest absolute Gasteiger partial charge is 0.387 e. The fourth-order valence-corrected chi connectivity index (χ4v) is 1.34. The number of carbonyl (C=O) groups is 1. The minimum atomic E-state index is -0.560. The van der Waals surface area contributed by atoms with E-state index in [0.29, 0.717) is 13.1 Å². The molecule has 3 N–H and O–H groups in total. The number of aliphatic hydroxyl groups is 1. The smallest absolute Gasteiger partial charge is 0.231 e. The van der Waals surface area contributed by atoms with E-state index in [4.69, 9.17) is 5.73 Å². The number of nitrogens with two attached hydrogens (primary N) is 1. The summed E-state index contributed by atoms with van der Waals surface area (Å²) in [6, 6.07) is 0. The van der Waals surface area contributed by atoms with Crippen molar-refractivity contribution in [1.29, 1.82) is 0 Å². The van der Waals surface area contributed by atoms with Gasteiger partial charge in [-0.1, -0.05) is 6.92 Å². The molecule has 0 bridgehead atoms. The van der Waals surface area contributed by atoms with Crippen LogP contribution >= 0.6 is 0 Å². The van der Waals surface area contributed by atoms with Crippen LogP contribution in [0.25, 0.3) is 0 Å². The number of primary amides is 1. The second-order valence-electron chi connectivity index (χ2n) is 3.19. The summed E-state index contributed by atoms with van der Waals surface area (Å²) in [5.74, 6) is -0.330. The molecule has 0 atom stereocenters. The van der Waals surface area contributed by atoms with Gasteiger partial charge in [0.1, 0.15) is 0 Å². The highest BCUT2D eigenvalue weighted by molar-refractivity contribution is 5.76. The molecule has 1 heterocycles. The van der Waals surface area contributed by atoms with Gasteiger partial charge in [0.15, 0.2) is 0 Å². The lowest BCUT2D eigenvalue weighted by molar-refractivity contribution is -0.130. The minimum absolute atomic E-state index is 0.266. The van der Waals surface area contributed by atoms with Crippen LogP contribution in [-0.4, -0.2) is 41.1 Å². The molecule has 0 aromatic rings. The molecular formula is C7H14N2O2. The van der Waals surface area contributed by atoms with Crippen LogP contribution in [0.3, 0.4) is 0 Å². The highest BCUT2D eigenvalue weighted by Gasteiger charge is 2.39. The number of β-amino-alcohol motifs (C(OH)–C–C–N with tert-alkyl or cyclic N) is 1. The quantitative estimate of drug-likeness (QED) is 0.549. The van der Waals surface area contributed by atoms with Crippen LogP contribution in [0.15, 0.2) is 0 Å². The molecule has 4 heteroatoms. The summed E-state index contributed by atoms with van der Waals surface area (Å²) in [7, 11) is 0. The van der Waals surface area contributed by atoms with Crippen molar-refractivity contribution in [2.45, 2.75) is 18.9 Å². The molecule has 0 radical (unpaired) electrons. The zero-order chi connectivity index (χ0) is 8.48. The predicted octanol–water partition coefficient (Wildman–Crippen LogP) is -1.07. The Morgan fingerprint density at radius 3 is 2.64 bits per heavy atom. The van der Waals surface area contributed by atoms with Crippen molar-refractivity contribution in [1.82, 2.24) is 4.90 Å². The Kier molecular flexibility index (Phi) is 2.15. The molecular weight excluding hydrogens is 144 g/mol. The summed E-state index contributed by atoms with van der Waals surface area (Å²) in [5.41, 5.74) is 4.41. The van der Waals surface area contributed by atoms with Gasteiger partial charge in [-0.2, -0.15) is 0 Å². The average molecular weight is 158 g/mol. The first-order valence-corrected chi connectivity index (χ1v) is 3.79. The monoisotopic (exact) mass is 158 g/mol. The van der Waals surface area contributed by atoms with Crippen molar-refractivity contribution in [2.75, 3.05) is 19.6 Å². The predicted molar refractivity (Wildman–Crippen MR) is 40.9 cm³/mol. The molecule has 64 valence electrons. The maximum Gasteiger partial charge on any atom is 0.231 e. The summed E-state index contributed by atoms with van der Waals surface area (Å²) >= 11 is 0. The first-order valence-electron chi connectivity index (χ1n) is 3.79. The summed E-state index contributed by atoms with van der Waals surface area (Å²) in [6.07, 6.45) is 0.738. The summed E-state index contributed by atoms with van der Waals surface area (Å²) < 4.78 is 0. The topological polar surface area (TPSA) is 66.6 Å². The highest BCUT2D eigenvalue weighted by atomic mass is 16.3. The van der Waals surface area contributed by atoms with Gasteiger partial charge in [0.25, 0.3) is 0 Å². The standard InChI is InChI=1S/C7H14N2O2/c1-2-7(11)4-9(5-7)3-6(8)10/h11H,2-5H2,1H3,(H2,8,10). The van der Waals surface area contributed by atoms with Gasteiger partial charge in [-0.3, -0.25) is 9.69 Å². The fourth-order valence-electron chi connectivity index (χ4n) is 1.34. The van der Waals surface area contributed by atoms with E-state index in [9.17, 15) is 9.90 Å². The van der Waals surface area contributed by atoms with Crippen molar-refractivity contribution in [3.05, 3.63) is 0 Å². The molecule has 0 spiro atoms. The Hall–Kier alpha value is -0.610. The Balaban J connectivity index is 2.23. The Morgan fingerprint density at radius 2 is 2.27 bits per heavy atom. The number of hydrogen-bond donors (Lipinski definition) is 2. The lowest BCUT2D eigenvalue weighted by atomic mass is 9.91. The Labute approximate surface area is 66.0 Å². The van der Waals surface area contributed by atoms with Crippen LogP contribution in [0.5, 0.6) is 0 Å². The highest BCUT2D eigenvalue weighted by Crippen LogP contribution is 2.22. The molecule has 0 aromatic carbocycles. The van der Waals surface area contributed by atoms with Crippen LogP contribution in [0.1, 0.15) is 13.3 Å². The van der Waals surface area contributed by atoms with E-state index < -0.39 is 5.60 Å². The molecule has 1 rings (SSSR count). The molecule has 0 aliphatic carbocycles. The van der Waals surface area contributed by atoms with Crippen molar-refractivity contribution in [3.8, 4) is 0 Å². The number of amides is 1. The van der Waals surface area contributed by atoms with Crippen molar-refractivity contribution < 1.29 is 9.90 Å². The first-order chi connectivity index (χ1) is 5.06. The molecule has 1 fully saturated rings. The SMILES string of the molecule is CCC1(O)CN(CC(N)=O)C1. The van der Waals surface area contributed by atoms with Gasteiger partial charge in [-0.25, -0.2) is 0 Å². The third kappa shape index (κ3) is 1.91. The Bertz CT molecular complexity index is 164. The van der Waals surface area contributed by atoms with Gasteiger partial charge < -0.3 is 10.8 Å². The molecule has 1 aliphatic heterocycles. The van der Waals surface area contributed by atoms with Gasteiger partial charge in [-0.05, 0) is 6.42 Å². The second-order valence-corrected chi connectivity index (χ2v) is 3.19. The molecule has 4 nitrogen and oxygen atoms in total. The zero-order valence-electron chi connectivity index (χ0n) is 6.71. The molecule has 1 saturated heterocycles. The third-order valence-electron chi connectivity index (χ3n) is 2.07. The van der Waals surface area contributed by atoms with E-state index in [1.165, 1.54) is 0 Å². The van der Waals surface area contributed by atoms with E-state index in [1.807, 2.05) is 11.8 Å². The second kappa shape index (κ2) is 2.79. The van der Waals surface area contributed by atoms with Crippen molar-refractivity contribution in [2.24, 2.45) is 5.73 Å². The maximum atomic E-state index is 10.4.